The Labute approximate surface area is 87.6 Å². The van der Waals surface area contributed by atoms with Gasteiger partial charge in [-0.25, -0.2) is 0 Å². The molecule has 2 heteroatoms. The van der Waals surface area contributed by atoms with E-state index in [1.54, 1.807) is 0 Å². The Kier molecular flexibility index (Phi) is 3.82. The quantitative estimate of drug-likeness (QED) is 0.678. The van der Waals surface area contributed by atoms with Gasteiger partial charge in [0.2, 0.25) is 0 Å². The minimum atomic E-state index is 0.488. The van der Waals surface area contributed by atoms with Crippen LogP contribution in [0.15, 0.2) is 0 Å². The summed E-state index contributed by atoms with van der Waals surface area (Å²) in [5.74, 6) is 0.953. The molecule has 0 unspecified atom stereocenters. The summed E-state index contributed by atoms with van der Waals surface area (Å²) < 4.78 is 0. The van der Waals surface area contributed by atoms with E-state index in [-0.39, 0.29) is 0 Å². The van der Waals surface area contributed by atoms with Crippen LogP contribution in [0.4, 0.5) is 0 Å². The summed E-state index contributed by atoms with van der Waals surface area (Å²) in [6.45, 7) is 1.25. The molecule has 0 amide bonds. The molecule has 14 heavy (non-hydrogen) atoms. The molecule has 2 nitrogen and oxygen atoms in total. The third kappa shape index (κ3) is 2.96. The van der Waals surface area contributed by atoms with Gasteiger partial charge in [-0.2, -0.15) is 0 Å². The van der Waals surface area contributed by atoms with Gasteiger partial charge in [0, 0.05) is 12.1 Å². The van der Waals surface area contributed by atoms with E-state index < -0.39 is 0 Å². The molecular weight excluding hydrogens is 172 g/mol. The van der Waals surface area contributed by atoms with E-state index in [4.69, 9.17) is 5.73 Å². The Balaban J connectivity index is 1.59. The van der Waals surface area contributed by atoms with Crippen LogP contribution in [0, 0.1) is 5.92 Å². The lowest BCUT2D eigenvalue weighted by atomic mass is 9.87. The monoisotopic (exact) mass is 196 g/mol. The number of rotatable bonds is 3. The lowest BCUT2D eigenvalue weighted by molar-refractivity contribution is 0.270. The van der Waals surface area contributed by atoms with Crippen LogP contribution in [0.5, 0.6) is 0 Å². The van der Waals surface area contributed by atoms with Gasteiger partial charge in [-0.1, -0.05) is 25.7 Å². The van der Waals surface area contributed by atoms with Crippen molar-refractivity contribution in [2.45, 2.75) is 63.5 Å². The molecular formula is C12H24N2. The lowest BCUT2D eigenvalue weighted by Crippen LogP contribution is -2.49. The summed E-state index contributed by atoms with van der Waals surface area (Å²) in [6, 6.07) is 1.23. The van der Waals surface area contributed by atoms with E-state index in [1.165, 1.54) is 57.9 Å². The first-order chi connectivity index (χ1) is 6.84. The maximum absolute atomic E-state index is 5.76. The largest absolute Gasteiger partial charge is 0.328 e. The zero-order valence-electron chi connectivity index (χ0n) is 9.17. The Morgan fingerprint density at radius 1 is 1.00 bits per heavy atom. The predicted octanol–water partition coefficient (Wildman–Crippen LogP) is 2.04. The maximum Gasteiger partial charge on any atom is 0.00966 e. The summed E-state index contributed by atoms with van der Waals surface area (Å²) in [4.78, 5) is 0. The standard InChI is InChI=1S/C12H24N2/c13-11-7-12(8-11)14-9-10-5-3-1-2-4-6-10/h10-12,14H,1-9,13H2. The second-order valence-electron chi connectivity index (χ2n) is 5.19. The fraction of sp³-hybridized carbons (Fsp3) is 1.00. The van der Waals surface area contributed by atoms with Crippen LogP contribution in [0.1, 0.15) is 51.4 Å². The van der Waals surface area contributed by atoms with Crippen LogP contribution >= 0.6 is 0 Å². The van der Waals surface area contributed by atoms with Gasteiger partial charge < -0.3 is 11.1 Å². The van der Waals surface area contributed by atoms with Crippen LogP contribution in [0.25, 0.3) is 0 Å². The molecule has 2 aliphatic carbocycles. The second-order valence-corrected chi connectivity index (χ2v) is 5.19. The summed E-state index contributed by atoms with van der Waals surface area (Å²) in [5, 5.41) is 3.67. The van der Waals surface area contributed by atoms with Crippen LogP contribution in [0.2, 0.25) is 0 Å². The molecule has 2 rings (SSSR count). The first-order valence-electron chi connectivity index (χ1n) is 6.33. The fourth-order valence-electron chi connectivity index (χ4n) is 2.73. The smallest absolute Gasteiger partial charge is 0.00966 e. The minimum absolute atomic E-state index is 0.488. The molecule has 2 fully saturated rings. The topological polar surface area (TPSA) is 38.0 Å². The van der Waals surface area contributed by atoms with Gasteiger partial charge in [0.1, 0.15) is 0 Å². The van der Waals surface area contributed by atoms with E-state index in [0.29, 0.717) is 6.04 Å². The van der Waals surface area contributed by atoms with Crippen molar-refractivity contribution in [2.75, 3.05) is 6.54 Å². The highest BCUT2D eigenvalue weighted by molar-refractivity contribution is 4.88. The fourth-order valence-corrected chi connectivity index (χ4v) is 2.73. The van der Waals surface area contributed by atoms with Gasteiger partial charge in [0.05, 0.1) is 0 Å². The van der Waals surface area contributed by atoms with E-state index in [1.807, 2.05) is 0 Å². The summed E-state index contributed by atoms with van der Waals surface area (Å²) in [7, 11) is 0. The summed E-state index contributed by atoms with van der Waals surface area (Å²) >= 11 is 0. The van der Waals surface area contributed by atoms with E-state index in [2.05, 4.69) is 5.32 Å². The first-order valence-corrected chi connectivity index (χ1v) is 6.33. The Morgan fingerprint density at radius 3 is 2.21 bits per heavy atom. The average molecular weight is 196 g/mol. The average Bonchev–Trinajstić information content (AvgIpc) is 2.38. The normalized spacial score (nSPS) is 34.9. The molecule has 0 aromatic rings. The van der Waals surface area contributed by atoms with Crippen LogP contribution in [0.3, 0.4) is 0 Å². The van der Waals surface area contributed by atoms with Crippen LogP contribution in [-0.2, 0) is 0 Å². The SMILES string of the molecule is NC1CC(NCC2CCCCCC2)C1. The third-order valence-electron chi connectivity index (χ3n) is 3.84. The summed E-state index contributed by atoms with van der Waals surface area (Å²) in [6.07, 6.45) is 11.1. The van der Waals surface area contributed by atoms with Crippen molar-refractivity contribution in [1.82, 2.24) is 5.32 Å². The van der Waals surface area contributed by atoms with Gasteiger partial charge in [0.15, 0.2) is 0 Å². The maximum atomic E-state index is 5.76. The third-order valence-corrected chi connectivity index (χ3v) is 3.84. The molecule has 0 bridgehead atoms. The lowest BCUT2D eigenvalue weighted by Gasteiger charge is -2.34. The zero-order valence-corrected chi connectivity index (χ0v) is 9.17. The van der Waals surface area contributed by atoms with Crippen LogP contribution < -0.4 is 11.1 Å². The van der Waals surface area contributed by atoms with E-state index in [0.717, 1.165) is 12.0 Å². The zero-order chi connectivity index (χ0) is 9.80. The van der Waals surface area contributed by atoms with Crippen molar-refractivity contribution in [3.63, 3.8) is 0 Å². The molecule has 2 aliphatic rings. The number of hydrogen-bond donors (Lipinski definition) is 2. The number of nitrogens with one attached hydrogen (secondary N) is 1. The second kappa shape index (κ2) is 5.13. The highest BCUT2D eigenvalue weighted by Crippen LogP contribution is 2.23. The minimum Gasteiger partial charge on any atom is -0.328 e. The van der Waals surface area contributed by atoms with Crippen molar-refractivity contribution < 1.29 is 0 Å². The molecule has 0 aliphatic heterocycles. The molecule has 0 aromatic carbocycles. The first kappa shape index (κ1) is 10.4. The van der Waals surface area contributed by atoms with Crippen LogP contribution in [-0.4, -0.2) is 18.6 Å². The van der Waals surface area contributed by atoms with Crippen molar-refractivity contribution in [1.29, 1.82) is 0 Å². The van der Waals surface area contributed by atoms with Gasteiger partial charge in [-0.15, -0.1) is 0 Å². The van der Waals surface area contributed by atoms with E-state index in [9.17, 15) is 0 Å². The highest BCUT2D eigenvalue weighted by atomic mass is 15.0. The van der Waals surface area contributed by atoms with Gasteiger partial charge in [-0.3, -0.25) is 0 Å². The molecule has 0 aromatic heterocycles. The molecule has 0 saturated heterocycles. The van der Waals surface area contributed by atoms with Crippen molar-refractivity contribution in [2.24, 2.45) is 11.7 Å². The van der Waals surface area contributed by atoms with Crippen molar-refractivity contribution in [3.05, 3.63) is 0 Å². The number of hydrogen-bond acceptors (Lipinski definition) is 2. The Morgan fingerprint density at radius 2 is 1.64 bits per heavy atom. The Bertz CT molecular complexity index is 156. The molecule has 0 spiro atoms. The van der Waals surface area contributed by atoms with Crippen molar-refractivity contribution in [3.8, 4) is 0 Å². The van der Waals surface area contributed by atoms with Crippen molar-refractivity contribution >= 4 is 0 Å². The molecule has 0 radical (unpaired) electrons. The Hall–Kier alpha value is -0.0800. The molecule has 3 N–H and O–H groups in total. The summed E-state index contributed by atoms with van der Waals surface area (Å²) in [5.41, 5.74) is 5.76. The molecule has 82 valence electrons. The molecule has 0 heterocycles. The molecule has 2 saturated carbocycles. The van der Waals surface area contributed by atoms with Gasteiger partial charge in [-0.05, 0) is 38.1 Å². The van der Waals surface area contributed by atoms with Gasteiger partial charge in [0.25, 0.3) is 0 Å². The predicted molar refractivity (Wildman–Crippen MR) is 60.2 cm³/mol. The number of nitrogens with two attached hydrogens (primary N) is 1. The highest BCUT2D eigenvalue weighted by Gasteiger charge is 2.25. The van der Waals surface area contributed by atoms with Gasteiger partial charge >= 0.3 is 0 Å². The van der Waals surface area contributed by atoms with E-state index >= 15 is 0 Å². The molecule has 0 atom stereocenters.